The van der Waals surface area contributed by atoms with Gasteiger partial charge in [-0.2, -0.15) is 0 Å². The first-order valence-corrected chi connectivity index (χ1v) is 9.66. The molecule has 1 amide bonds. The largest absolute Gasteiger partial charge is 0.494 e. The van der Waals surface area contributed by atoms with Crippen LogP contribution in [-0.4, -0.2) is 19.3 Å². The zero-order chi connectivity index (χ0) is 18.9. The van der Waals surface area contributed by atoms with E-state index in [0.29, 0.717) is 12.1 Å². The number of amides is 1. The van der Waals surface area contributed by atoms with Gasteiger partial charge in [-0.3, -0.25) is 4.79 Å². The lowest BCUT2D eigenvalue weighted by atomic mass is 10.1. The first-order chi connectivity index (χ1) is 13.3. The normalized spacial score (nSPS) is 12.0. The van der Waals surface area contributed by atoms with Crippen molar-refractivity contribution in [3.63, 3.8) is 0 Å². The van der Waals surface area contributed by atoms with Crippen LogP contribution >= 0.6 is 0 Å². The second kappa shape index (κ2) is 9.86. The first-order valence-electron chi connectivity index (χ1n) is 9.66. The number of rotatable bonds is 10. The molecule has 5 nitrogen and oxygen atoms in total. The number of hydrogen-bond donors (Lipinski definition) is 1. The van der Waals surface area contributed by atoms with Crippen LogP contribution in [0.3, 0.4) is 0 Å². The standard InChI is InChI=1S/C22H27NO4/c1-2-3-4-5-6-13-25-19-10-8-18(9-11-19)22(24)23-15-17-7-12-20-21(14-17)27-16-26-20/h7-12,14H,2-6,13,15-16H2,1H3,(H,23,24). The van der Waals surface area contributed by atoms with Crippen LogP contribution in [0.5, 0.6) is 17.2 Å². The Balaban J connectivity index is 1.42. The lowest BCUT2D eigenvalue weighted by Crippen LogP contribution is -2.22. The molecule has 0 bridgehead atoms. The van der Waals surface area contributed by atoms with Crippen molar-refractivity contribution in [2.45, 2.75) is 45.6 Å². The first kappa shape index (κ1) is 19.1. The van der Waals surface area contributed by atoms with Crippen LogP contribution in [-0.2, 0) is 6.54 Å². The van der Waals surface area contributed by atoms with Crippen LogP contribution < -0.4 is 19.5 Å². The van der Waals surface area contributed by atoms with E-state index in [0.717, 1.165) is 35.8 Å². The Hall–Kier alpha value is -2.69. The maximum Gasteiger partial charge on any atom is 0.251 e. The molecule has 2 aromatic rings. The summed E-state index contributed by atoms with van der Waals surface area (Å²) in [4.78, 5) is 12.3. The summed E-state index contributed by atoms with van der Waals surface area (Å²) in [7, 11) is 0. The minimum Gasteiger partial charge on any atom is -0.494 e. The Bertz CT molecular complexity index is 742. The minimum absolute atomic E-state index is 0.112. The molecule has 144 valence electrons. The van der Waals surface area contributed by atoms with E-state index in [-0.39, 0.29) is 12.7 Å². The fourth-order valence-electron chi connectivity index (χ4n) is 2.93. The monoisotopic (exact) mass is 369 g/mol. The van der Waals surface area contributed by atoms with E-state index >= 15 is 0 Å². The van der Waals surface area contributed by atoms with Gasteiger partial charge in [-0.05, 0) is 48.4 Å². The molecule has 1 heterocycles. The van der Waals surface area contributed by atoms with Gasteiger partial charge in [0.25, 0.3) is 5.91 Å². The number of fused-ring (bicyclic) bond motifs is 1. The quantitative estimate of drug-likeness (QED) is 0.617. The number of unbranched alkanes of at least 4 members (excludes halogenated alkanes) is 4. The Morgan fingerprint density at radius 1 is 1.00 bits per heavy atom. The third kappa shape index (κ3) is 5.64. The highest BCUT2D eigenvalue weighted by Crippen LogP contribution is 2.32. The van der Waals surface area contributed by atoms with Crippen molar-refractivity contribution in [3.05, 3.63) is 53.6 Å². The summed E-state index contributed by atoms with van der Waals surface area (Å²) >= 11 is 0. The van der Waals surface area contributed by atoms with Gasteiger partial charge in [-0.15, -0.1) is 0 Å². The van der Waals surface area contributed by atoms with E-state index < -0.39 is 0 Å². The average molecular weight is 369 g/mol. The molecular formula is C22H27NO4. The molecular weight excluding hydrogens is 342 g/mol. The van der Waals surface area contributed by atoms with Gasteiger partial charge in [0.1, 0.15) is 5.75 Å². The van der Waals surface area contributed by atoms with Gasteiger partial charge in [-0.25, -0.2) is 0 Å². The van der Waals surface area contributed by atoms with Gasteiger partial charge in [0.05, 0.1) is 6.61 Å². The predicted octanol–water partition coefficient (Wildman–Crippen LogP) is 4.69. The molecule has 0 atom stereocenters. The Kier molecular flexibility index (Phi) is 6.97. The number of hydrogen-bond acceptors (Lipinski definition) is 4. The highest BCUT2D eigenvalue weighted by molar-refractivity contribution is 5.94. The van der Waals surface area contributed by atoms with Gasteiger partial charge in [0.15, 0.2) is 11.5 Å². The van der Waals surface area contributed by atoms with E-state index in [1.165, 1.54) is 25.7 Å². The molecule has 27 heavy (non-hydrogen) atoms. The second-order valence-corrected chi connectivity index (χ2v) is 6.66. The van der Waals surface area contributed by atoms with E-state index in [9.17, 15) is 4.79 Å². The Morgan fingerprint density at radius 3 is 2.59 bits per heavy atom. The molecule has 0 spiro atoms. The summed E-state index contributed by atoms with van der Waals surface area (Å²) in [5.41, 5.74) is 1.58. The summed E-state index contributed by atoms with van der Waals surface area (Å²) in [6.45, 7) is 3.62. The van der Waals surface area contributed by atoms with Crippen LogP contribution in [0.25, 0.3) is 0 Å². The van der Waals surface area contributed by atoms with Crippen LogP contribution in [0.4, 0.5) is 0 Å². The van der Waals surface area contributed by atoms with Crippen molar-refractivity contribution in [1.29, 1.82) is 0 Å². The van der Waals surface area contributed by atoms with Gasteiger partial charge in [-0.1, -0.05) is 38.7 Å². The molecule has 0 fully saturated rings. The van der Waals surface area contributed by atoms with Crippen LogP contribution in [0, 0.1) is 0 Å². The molecule has 1 aliphatic rings. The second-order valence-electron chi connectivity index (χ2n) is 6.66. The molecule has 0 aliphatic carbocycles. The zero-order valence-corrected chi connectivity index (χ0v) is 15.8. The molecule has 0 unspecified atom stereocenters. The molecule has 2 aromatic carbocycles. The highest BCUT2D eigenvalue weighted by atomic mass is 16.7. The topological polar surface area (TPSA) is 56.8 Å². The molecule has 0 saturated heterocycles. The molecule has 0 saturated carbocycles. The SMILES string of the molecule is CCCCCCCOc1ccc(C(=O)NCc2ccc3c(c2)OCO3)cc1. The Labute approximate surface area is 160 Å². The maximum absolute atomic E-state index is 12.3. The fourth-order valence-corrected chi connectivity index (χ4v) is 2.93. The van der Waals surface area contributed by atoms with Gasteiger partial charge >= 0.3 is 0 Å². The van der Waals surface area contributed by atoms with Crippen molar-refractivity contribution >= 4 is 5.91 Å². The van der Waals surface area contributed by atoms with Crippen LogP contribution in [0.2, 0.25) is 0 Å². The smallest absolute Gasteiger partial charge is 0.251 e. The summed E-state index contributed by atoms with van der Waals surface area (Å²) in [5, 5.41) is 2.92. The zero-order valence-electron chi connectivity index (χ0n) is 15.8. The number of ether oxygens (including phenoxy) is 3. The fraction of sp³-hybridized carbons (Fsp3) is 0.409. The van der Waals surface area contributed by atoms with Crippen molar-refractivity contribution < 1.29 is 19.0 Å². The lowest BCUT2D eigenvalue weighted by molar-refractivity contribution is 0.0951. The van der Waals surface area contributed by atoms with Gasteiger partial charge in [0.2, 0.25) is 6.79 Å². The van der Waals surface area contributed by atoms with E-state index in [1.807, 2.05) is 30.3 Å². The maximum atomic E-state index is 12.3. The number of carbonyl (C=O) groups is 1. The van der Waals surface area contributed by atoms with E-state index in [1.54, 1.807) is 12.1 Å². The highest BCUT2D eigenvalue weighted by Gasteiger charge is 2.13. The van der Waals surface area contributed by atoms with Crippen molar-refractivity contribution in [3.8, 4) is 17.2 Å². The van der Waals surface area contributed by atoms with Crippen molar-refractivity contribution in [2.75, 3.05) is 13.4 Å². The summed E-state index contributed by atoms with van der Waals surface area (Å²) in [6.07, 6.45) is 6.07. The molecule has 1 N–H and O–H groups in total. The summed E-state index contributed by atoms with van der Waals surface area (Å²) < 4.78 is 16.4. The third-order valence-electron chi connectivity index (χ3n) is 4.52. The van der Waals surface area contributed by atoms with Gasteiger partial charge < -0.3 is 19.5 Å². The lowest BCUT2D eigenvalue weighted by Gasteiger charge is -2.08. The molecule has 0 radical (unpaired) electrons. The molecule has 5 heteroatoms. The number of benzene rings is 2. The summed E-state index contributed by atoms with van der Waals surface area (Å²) in [5.74, 6) is 2.15. The minimum atomic E-state index is -0.112. The third-order valence-corrected chi connectivity index (χ3v) is 4.52. The van der Waals surface area contributed by atoms with E-state index in [4.69, 9.17) is 14.2 Å². The average Bonchev–Trinajstić information content (AvgIpc) is 3.17. The van der Waals surface area contributed by atoms with Crippen molar-refractivity contribution in [2.24, 2.45) is 0 Å². The van der Waals surface area contributed by atoms with Crippen molar-refractivity contribution in [1.82, 2.24) is 5.32 Å². The van der Waals surface area contributed by atoms with Crippen LogP contribution in [0.15, 0.2) is 42.5 Å². The number of nitrogens with one attached hydrogen (secondary N) is 1. The summed E-state index contributed by atoms with van der Waals surface area (Å²) in [6, 6.07) is 13.0. The van der Waals surface area contributed by atoms with Crippen LogP contribution in [0.1, 0.15) is 54.9 Å². The van der Waals surface area contributed by atoms with Gasteiger partial charge in [0, 0.05) is 12.1 Å². The Morgan fingerprint density at radius 2 is 1.78 bits per heavy atom. The predicted molar refractivity (Wildman–Crippen MR) is 104 cm³/mol. The molecule has 1 aliphatic heterocycles. The number of carbonyl (C=O) groups excluding carboxylic acids is 1. The molecule has 0 aromatic heterocycles. The van der Waals surface area contributed by atoms with E-state index in [2.05, 4.69) is 12.2 Å². The molecule has 3 rings (SSSR count).